The third-order valence-electron chi connectivity index (χ3n) is 3.06. The number of aliphatic hydroxyl groups excluding tert-OH is 1. The van der Waals surface area contributed by atoms with E-state index < -0.39 is 12.0 Å². The third-order valence-corrected chi connectivity index (χ3v) is 3.06. The van der Waals surface area contributed by atoms with Crippen LogP contribution in [0, 0.1) is 0 Å². The maximum atomic E-state index is 11.0. The number of primary amides is 1. The molecular weight excluding hydrogens is 208 g/mol. The van der Waals surface area contributed by atoms with Crippen LogP contribution >= 0.6 is 0 Å². The fourth-order valence-electron chi connectivity index (χ4n) is 2.17. The zero-order chi connectivity index (χ0) is 11.7. The molecule has 0 bridgehead atoms. The molecule has 16 heavy (non-hydrogen) atoms. The Morgan fingerprint density at radius 1 is 1.50 bits per heavy atom. The Labute approximate surface area is 93.2 Å². The van der Waals surface area contributed by atoms with Gasteiger partial charge in [-0.1, -0.05) is 12.8 Å². The Morgan fingerprint density at radius 2 is 2.19 bits per heavy atom. The quantitative estimate of drug-likeness (QED) is 0.659. The van der Waals surface area contributed by atoms with Crippen LogP contribution in [-0.2, 0) is 0 Å². The molecule has 0 aromatic carbocycles. The maximum Gasteiger partial charge on any atom is 0.254 e. The van der Waals surface area contributed by atoms with E-state index in [-0.39, 0.29) is 17.4 Å². The van der Waals surface area contributed by atoms with E-state index >= 15 is 0 Å². The van der Waals surface area contributed by atoms with Crippen molar-refractivity contribution in [2.24, 2.45) is 5.73 Å². The van der Waals surface area contributed by atoms with Crippen molar-refractivity contribution in [2.75, 3.05) is 5.73 Å². The lowest BCUT2D eigenvalue weighted by Crippen LogP contribution is -2.28. The number of hydrogen-bond acceptors (Lipinski definition) is 4. The molecule has 1 aliphatic rings. The van der Waals surface area contributed by atoms with Gasteiger partial charge in [0, 0.05) is 6.20 Å². The number of rotatable bonds is 2. The lowest BCUT2D eigenvalue weighted by molar-refractivity contribution is 0.0695. The van der Waals surface area contributed by atoms with Gasteiger partial charge in [0.2, 0.25) is 0 Å². The normalized spacial score (nSPS) is 25.6. The molecule has 1 heterocycles. The molecule has 2 atom stereocenters. The van der Waals surface area contributed by atoms with E-state index in [0.717, 1.165) is 25.7 Å². The highest BCUT2D eigenvalue weighted by Crippen LogP contribution is 2.29. The van der Waals surface area contributed by atoms with Gasteiger partial charge < -0.3 is 16.6 Å². The molecule has 0 radical (unpaired) electrons. The molecule has 88 valence electrons. The molecule has 5 N–H and O–H groups in total. The van der Waals surface area contributed by atoms with E-state index in [4.69, 9.17) is 11.5 Å². The van der Waals surface area contributed by atoms with Gasteiger partial charge in [-0.15, -0.1) is 0 Å². The molecule has 2 rings (SSSR count). The zero-order valence-corrected chi connectivity index (χ0v) is 8.97. The molecule has 2 unspecified atom stereocenters. The highest BCUT2D eigenvalue weighted by atomic mass is 16.3. The van der Waals surface area contributed by atoms with E-state index in [1.165, 1.54) is 6.20 Å². The lowest BCUT2D eigenvalue weighted by Gasteiger charge is -2.27. The molecule has 1 aromatic rings. The van der Waals surface area contributed by atoms with Gasteiger partial charge in [-0.25, -0.2) is 0 Å². The van der Waals surface area contributed by atoms with E-state index in [1.807, 2.05) is 0 Å². The summed E-state index contributed by atoms with van der Waals surface area (Å²) in [6.07, 6.45) is 4.78. The van der Waals surface area contributed by atoms with Gasteiger partial charge in [0.25, 0.3) is 5.91 Å². The van der Waals surface area contributed by atoms with E-state index in [9.17, 15) is 9.90 Å². The van der Waals surface area contributed by atoms with Crippen molar-refractivity contribution in [1.82, 2.24) is 9.78 Å². The fourth-order valence-corrected chi connectivity index (χ4v) is 2.17. The Morgan fingerprint density at radius 3 is 2.75 bits per heavy atom. The minimum absolute atomic E-state index is 0.0934. The average molecular weight is 224 g/mol. The smallest absolute Gasteiger partial charge is 0.254 e. The number of anilines is 1. The summed E-state index contributed by atoms with van der Waals surface area (Å²) >= 11 is 0. The molecule has 6 heteroatoms. The van der Waals surface area contributed by atoms with Crippen LogP contribution in [0.3, 0.4) is 0 Å². The van der Waals surface area contributed by atoms with Crippen molar-refractivity contribution >= 4 is 11.7 Å². The fraction of sp³-hybridized carbons (Fsp3) is 0.600. The van der Waals surface area contributed by atoms with Gasteiger partial charge in [-0.2, -0.15) is 5.10 Å². The molecule has 1 aromatic heterocycles. The first-order chi connectivity index (χ1) is 7.59. The van der Waals surface area contributed by atoms with Gasteiger partial charge in [-0.3, -0.25) is 9.48 Å². The SMILES string of the molecule is NC(=O)c1cn(C2CCCCC2O)nc1N. The van der Waals surface area contributed by atoms with Crippen LogP contribution in [0.4, 0.5) is 5.82 Å². The molecule has 1 fully saturated rings. The minimum atomic E-state index is -0.589. The second-order valence-electron chi connectivity index (χ2n) is 4.19. The highest BCUT2D eigenvalue weighted by molar-refractivity contribution is 5.96. The average Bonchev–Trinajstić information content (AvgIpc) is 2.61. The van der Waals surface area contributed by atoms with Gasteiger partial charge in [0.05, 0.1) is 12.1 Å². The molecule has 1 amide bonds. The van der Waals surface area contributed by atoms with Crippen LogP contribution in [0.5, 0.6) is 0 Å². The summed E-state index contributed by atoms with van der Waals surface area (Å²) in [5, 5.41) is 13.9. The first-order valence-corrected chi connectivity index (χ1v) is 5.42. The molecule has 0 aliphatic heterocycles. The monoisotopic (exact) mass is 224 g/mol. The lowest BCUT2D eigenvalue weighted by atomic mass is 9.93. The highest BCUT2D eigenvalue weighted by Gasteiger charge is 2.26. The Balaban J connectivity index is 2.26. The van der Waals surface area contributed by atoms with Crippen molar-refractivity contribution in [1.29, 1.82) is 0 Å². The van der Waals surface area contributed by atoms with E-state index in [1.54, 1.807) is 4.68 Å². The second kappa shape index (κ2) is 4.13. The number of nitrogens with zero attached hydrogens (tertiary/aromatic N) is 2. The van der Waals surface area contributed by atoms with Crippen molar-refractivity contribution < 1.29 is 9.90 Å². The summed E-state index contributed by atoms with van der Waals surface area (Å²) in [7, 11) is 0. The number of carbonyl (C=O) groups is 1. The van der Waals surface area contributed by atoms with E-state index in [0.29, 0.717) is 0 Å². The van der Waals surface area contributed by atoms with Gasteiger partial charge in [0.15, 0.2) is 5.82 Å². The first-order valence-electron chi connectivity index (χ1n) is 5.42. The molecule has 0 spiro atoms. The largest absolute Gasteiger partial charge is 0.391 e. The number of aliphatic hydroxyl groups is 1. The molecular formula is C10H16N4O2. The number of carbonyl (C=O) groups excluding carboxylic acids is 1. The van der Waals surface area contributed by atoms with Crippen molar-refractivity contribution in [2.45, 2.75) is 37.8 Å². The minimum Gasteiger partial charge on any atom is -0.391 e. The zero-order valence-electron chi connectivity index (χ0n) is 8.97. The number of nitrogen functional groups attached to an aromatic ring is 1. The van der Waals surface area contributed by atoms with Crippen molar-refractivity contribution in [3.63, 3.8) is 0 Å². The topological polar surface area (TPSA) is 107 Å². The summed E-state index contributed by atoms with van der Waals surface area (Å²) in [5.74, 6) is -0.459. The van der Waals surface area contributed by atoms with Gasteiger partial charge in [0.1, 0.15) is 5.56 Å². The number of amides is 1. The summed E-state index contributed by atoms with van der Waals surface area (Å²) in [4.78, 5) is 11.0. The predicted octanol–water partition coefficient (Wildman–Crippen LogP) is 0.0402. The summed E-state index contributed by atoms with van der Waals surface area (Å²) in [6.45, 7) is 0. The molecule has 1 aliphatic carbocycles. The van der Waals surface area contributed by atoms with Crippen molar-refractivity contribution in [3.05, 3.63) is 11.8 Å². The number of hydrogen-bond donors (Lipinski definition) is 3. The summed E-state index contributed by atoms with van der Waals surface area (Å²) in [5.41, 5.74) is 11.0. The van der Waals surface area contributed by atoms with E-state index in [2.05, 4.69) is 5.10 Å². The maximum absolute atomic E-state index is 11.0. The summed E-state index contributed by atoms with van der Waals surface area (Å²) < 4.78 is 1.57. The molecule has 0 saturated heterocycles. The number of aromatic nitrogens is 2. The van der Waals surface area contributed by atoms with Crippen LogP contribution in [-0.4, -0.2) is 26.9 Å². The van der Waals surface area contributed by atoms with Gasteiger partial charge in [-0.05, 0) is 12.8 Å². The molecule has 1 saturated carbocycles. The molecule has 6 nitrogen and oxygen atoms in total. The first kappa shape index (κ1) is 10.9. The standard InChI is InChI=1S/C10H16N4O2/c11-9-6(10(12)16)5-14(13-9)7-3-1-2-4-8(7)15/h5,7-8,15H,1-4H2,(H2,11,13)(H2,12,16). The van der Waals surface area contributed by atoms with Crippen LogP contribution < -0.4 is 11.5 Å². The van der Waals surface area contributed by atoms with Crippen molar-refractivity contribution in [3.8, 4) is 0 Å². The van der Waals surface area contributed by atoms with Crippen LogP contribution in [0.15, 0.2) is 6.20 Å². The Bertz CT molecular complexity index is 402. The van der Waals surface area contributed by atoms with Crippen LogP contribution in [0.1, 0.15) is 42.1 Å². The van der Waals surface area contributed by atoms with Crippen LogP contribution in [0.2, 0.25) is 0 Å². The second-order valence-corrected chi connectivity index (χ2v) is 4.19. The Hall–Kier alpha value is -1.56. The van der Waals surface area contributed by atoms with Gasteiger partial charge >= 0.3 is 0 Å². The third kappa shape index (κ3) is 1.88. The number of nitrogens with two attached hydrogens (primary N) is 2. The van der Waals surface area contributed by atoms with Crippen LogP contribution in [0.25, 0.3) is 0 Å². The Kier molecular flexibility index (Phi) is 2.82. The summed E-state index contributed by atoms with van der Waals surface area (Å²) in [6, 6.07) is -0.0934. The predicted molar refractivity (Wildman–Crippen MR) is 58.7 cm³/mol.